The molecule has 0 radical (unpaired) electrons. The van der Waals surface area contributed by atoms with Gasteiger partial charge in [-0.15, -0.1) is 0 Å². The van der Waals surface area contributed by atoms with Crippen molar-refractivity contribution in [3.8, 4) is 0 Å². The van der Waals surface area contributed by atoms with Crippen LogP contribution in [0.3, 0.4) is 0 Å². The highest BCUT2D eigenvalue weighted by atomic mass is 32.2. The van der Waals surface area contributed by atoms with Crippen LogP contribution in [0.25, 0.3) is 0 Å². The number of unbranched alkanes of at least 4 members (excludes halogenated alkanes) is 5. The number of aliphatic hydroxyl groups is 1. The van der Waals surface area contributed by atoms with E-state index in [4.69, 9.17) is 9.84 Å². The Morgan fingerprint density at radius 2 is 1.47 bits per heavy atom. The van der Waals surface area contributed by atoms with Gasteiger partial charge in [0.05, 0.1) is 0 Å². The molecular formula is C12H26O2S. The highest BCUT2D eigenvalue weighted by molar-refractivity contribution is 7.99. The van der Waals surface area contributed by atoms with Gasteiger partial charge in [0, 0.05) is 20.3 Å². The Morgan fingerprint density at radius 3 is 2.13 bits per heavy atom. The molecule has 0 saturated carbocycles. The van der Waals surface area contributed by atoms with E-state index in [1.165, 1.54) is 50.0 Å². The van der Waals surface area contributed by atoms with Crippen LogP contribution < -0.4 is 0 Å². The lowest BCUT2D eigenvalue weighted by molar-refractivity contribution is 0.200. The van der Waals surface area contributed by atoms with Gasteiger partial charge in [-0.05, 0) is 30.8 Å². The molecule has 0 rings (SSSR count). The lowest BCUT2D eigenvalue weighted by Crippen LogP contribution is -1.91. The molecule has 0 amide bonds. The minimum Gasteiger partial charge on any atom is -0.396 e. The number of hydrogen-bond donors (Lipinski definition) is 1. The highest BCUT2D eigenvalue weighted by Crippen LogP contribution is 2.10. The van der Waals surface area contributed by atoms with Crippen LogP contribution in [0.5, 0.6) is 0 Å². The Kier molecular flexibility index (Phi) is 14.5. The lowest BCUT2D eigenvalue weighted by Gasteiger charge is -2.02. The first-order valence-corrected chi connectivity index (χ1v) is 7.25. The monoisotopic (exact) mass is 234 g/mol. The maximum Gasteiger partial charge on any atom is 0.0470 e. The number of aliphatic hydroxyl groups excluding tert-OH is 1. The van der Waals surface area contributed by atoms with Gasteiger partial charge in [-0.3, -0.25) is 0 Å². The summed E-state index contributed by atoms with van der Waals surface area (Å²) < 4.78 is 4.99. The van der Waals surface area contributed by atoms with Gasteiger partial charge in [0.25, 0.3) is 0 Å². The van der Waals surface area contributed by atoms with Gasteiger partial charge in [-0.1, -0.05) is 25.7 Å². The summed E-state index contributed by atoms with van der Waals surface area (Å²) in [5, 5.41) is 8.60. The van der Waals surface area contributed by atoms with Crippen LogP contribution in [0.2, 0.25) is 0 Å². The number of thioether (sulfide) groups is 1. The second-order valence-corrected chi connectivity index (χ2v) is 5.03. The van der Waals surface area contributed by atoms with E-state index >= 15 is 0 Å². The van der Waals surface area contributed by atoms with Crippen LogP contribution in [0.15, 0.2) is 0 Å². The fourth-order valence-corrected chi connectivity index (χ4v) is 2.36. The first kappa shape index (κ1) is 15.3. The Bertz CT molecular complexity index is 97.8. The van der Waals surface area contributed by atoms with Gasteiger partial charge in [0.1, 0.15) is 0 Å². The van der Waals surface area contributed by atoms with Crippen molar-refractivity contribution in [3.05, 3.63) is 0 Å². The molecule has 15 heavy (non-hydrogen) atoms. The standard InChI is InChI=1S/C12H26O2S/c1-14-10-8-12-15-11-7-5-3-2-4-6-9-13/h13H,2-12H2,1H3. The van der Waals surface area contributed by atoms with Crippen molar-refractivity contribution in [3.63, 3.8) is 0 Å². The van der Waals surface area contributed by atoms with Gasteiger partial charge in [0.15, 0.2) is 0 Å². The molecule has 0 atom stereocenters. The molecule has 0 heterocycles. The summed E-state index contributed by atoms with van der Waals surface area (Å²) >= 11 is 2.04. The fourth-order valence-electron chi connectivity index (χ4n) is 1.43. The van der Waals surface area contributed by atoms with Crippen molar-refractivity contribution >= 4 is 11.8 Å². The van der Waals surface area contributed by atoms with Crippen molar-refractivity contribution in [2.24, 2.45) is 0 Å². The molecule has 0 saturated heterocycles. The molecule has 0 aliphatic heterocycles. The smallest absolute Gasteiger partial charge is 0.0470 e. The van der Waals surface area contributed by atoms with Crippen LogP contribution in [-0.4, -0.2) is 36.9 Å². The molecule has 0 fully saturated rings. The maximum absolute atomic E-state index is 8.60. The predicted octanol–water partition coefficient (Wildman–Crippen LogP) is 3.09. The quantitative estimate of drug-likeness (QED) is 0.526. The molecular weight excluding hydrogens is 208 g/mol. The molecule has 0 spiro atoms. The topological polar surface area (TPSA) is 29.5 Å². The van der Waals surface area contributed by atoms with E-state index in [-0.39, 0.29) is 0 Å². The summed E-state index contributed by atoms with van der Waals surface area (Å²) in [6.07, 6.45) is 8.66. The molecule has 92 valence electrons. The summed E-state index contributed by atoms with van der Waals surface area (Å²) in [6, 6.07) is 0. The highest BCUT2D eigenvalue weighted by Gasteiger charge is 1.92. The number of rotatable bonds is 12. The lowest BCUT2D eigenvalue weighted by atomic mass is 10.1. The summed E-state index contributed by atoms with van der Waals surface area (Å²) in [4.78, 5) is 0. The minimum atomic E-state index is 0.356. The number of hydrogen-bond acceptors (Lipinski definition) is 3. The van der Waals surface area contributed by atoms with Crippen molar-refractivity contribution in [1.29, 1.82) is 0 Å². The third-order valence-corrected chi connectivity index (χ3v) is 3.49. The van der Waals surface area contributed by atoms with Gasteiger partial charge < -0.3 is 9.84 Å². The van der Waals surface area contributed by atoms with Crippen LogP contribution in [-0.2, 0) is 4.74 Å². The van der Waals surface area contributed by atoms with Crippen molar-refractivity contribution in [2.75, 3.05) is 31.8 Å². The van der Waals surface area contributed by atoms with Crippen LogP contribution in [0, 0.1) is 0 Å². The van der Waals surface area contributed by atoms with Crippen molar-refractivity contribution in [1.82, 2.24) is 0 Å². The van der Waals surface area contributed by atoms with Gasteiger partial charge in [-0.25, -0.2) is 0 Å². The molecule has 0 unspecified atom stereocenters. The van der Waals surface area contributed by atoms with E-state index < -0.39 is 0 Å². The first-order chi connectivity index (χ1) is 7.41. The van der Waals surface area contributed by atoms with E-state index in [1.54, 1.807) is 7.11 Å². The molecule has 2 nitrogen and oxygen atoms in total. The van der Waals surface area contributed by atoms with E-state index in [9.17, 15) is 0 Å². The normalized spacial score (nSPS) is 10.8. The maximum atomic E-state index is 8.60. The Labute approximate surface area is 98.8 Å². The zero-order valence-corrected chi connectivity index (χ0v) is 10.9. The second-order valence-electron chi connectivity index (χ2n) is 3.80. The van der Waals surface area contributed by atoms with Gasteiger partial charge in [0.2, 0.25) is 0 Å². The van der Waals surface area contributed by atoms with E-state index in [2.05, 4.69) is 0 Å². The van der Waals surface area contributed by atoms with Crippen molar-refractivity contribution < 1.29 is 9.84 Å². The molecule has 0 aromatic heterocycles. The predicted molar refractivity (Wildman–Crippen MR) is 68.6 cm³/mol. The Hall–Kier alpha value is 0.270. The zero-order chi connectivity index (χ0) is 11.2. The second kappa shape index (κ2) is 14.3. The summed E-state index contributed by atoms with van der Waals surface area (Å²) in [7, 11) is 1.76. The SMILES string of the molecule is COCCCSCCCCCCCCO. The van der Waals surface area contributed by atoms with Crippen LogP contribution >= 0.6 is 11.8 Å². The summed E-state index contributed by atoms with van der Waals surface area (Å²) in [5.41, 5.74) is 0. The van der Waals surface area contributed by atoms with E-state index in [0.29, 0.717) is 6.61 Å². The largest absolute Gasteiger partial charge is 0.396 e. The number of ether oxygens (including phenoxy) is 1. The molecule has 0 aliphatic carbocycles. The first-order valence-electron chi connectivity index (χ1n) is 6.09. The summed E-state index contributed by atoms with van der Waals surface area (Å²) in [6.45, 7) is 1.25. The molecule has 0 aromatic rings. The van der Waals surface area contributed by atoms with Crippen LogP contribution in [0.4, 0.5) is 0 Å². The Morgan fingerprint density at radius 1 is 0.867 bits per heavy atom. The fraction of sp³-hybridized carbons (Fsp3) is 1.00. The zero-order valence-electron chi connectivity index (χ0n) is 10.0. The number of methoxy groups -OCH3 is 1. The van der Waals surface area contributed by atoms with E-state index in [0.717, 1.165) is 13.0 Å². The molecule has 0 bridgehead atoms. The minimum absolute atomic E-state index is 0.356. The van der Waals surface area contributed by atoms with Crippen molar-refractivity contribution in [2.45, 2.75) is 44.9 Å². The van der Waals surface area contributed by atoms with Gasteiger partial charge >= 0.3 is 0 Å². The Balaban J connectivity index is 2.81. The summed E-state index contributed by atoms with van der Waals surface area (Å²) in [5.74, 6) is 2.53. The van der Waals surface area contributed by atoms with E-state index in [1.807, 2.05) is 11.8 Å². The molecule has 3 heteroatoms. The average molecular weight is 234 g/mol. The molecule has 1 N–H and O–H groups in total. The van der Waals surface area contributed by atoms with Crippen LogP contribution in [0.1, 0.15) is 44.9 Å². The third-order valence-electron chi connectivity index (χ3n) is 2.33. The van der Waals surface area contributed by atoms with Gasteiger partial charge in [-0.2, -0.15) is 11.8 Å². The third kappa shape index (κ3) is 14.3. The molecule has 0 aromatic carbocycles. The molecule has 0 aliphatic rings. The average Bonchev–Trinajstić information content (AvgIpc) is 2.26.